The van der Waals surface area contributed by atoms with Gasteiger partial charge in [-0.05, 0) is 28.8 Å². The zero-order chi connectivity index (χ0) is 15.1. The fourth-order valence-corrected chi connectivity index (χ4v) is 1.83. The number of aromatic carboxylic acids is 1. The summed E-state index contributed by atoms with van der Waals surface area (Å²) in [5.41, 5.74) is 2.08. The smallest absolute Gasteiger partial charge is 0.545 e. The van der Waals surface area contributed by atoms with Crippen LogP contribution in [0.2, 0.25) is 0 Å². The molecule has 0 atom stereocenters. The number of hydrogen-bond acceptors (Lipinski definition) is 4. The van der Waals surface area contributed by atoms with E-state index in [0.29, 0.717) is 13.2 Å². The number of hydrogen-bond donors (Lipinski definition) is 0. The summed E-state index contributed by atoms with van der Waals surface area (Å²) in [7, 11) is 0. The minimum absolute atomic E-state index is 0. The maximum Gasteiger partial charge on any atom is 1.00 e. The van der Waals surface area contributed by atoms with Crippen LogP contribution in [0.15, 0.2) is 61.4 Å². The van der Waals surface area contributed by atoms with Crippen LogP contribution in [0, 0.1) is 0 Å². The molecule has 0 aliphatic rings. The first-order chi connectivity index (χ1) is 10.2. The molecule has 0 spiro atoms. The molecule has 4 nitrogen and oxygen atoms in total. The summed E-state index contributed by atoms with van der Waals surface area (Å²) in [6, 6.07) is 14.1. The molecule has 0 unspecified atom stereocenters. The van der Waals surface area contributed by atoms with Crippen molar-refractivity contribution >= 4 is 5.97 Å². The van der Waals surface area contributed by atoms with Crippen LogP contribution < -0.4 is 39.4 Å². The Hall–Kier alpha value is -1.75. The standard InChI is InChI=1S/C17H16O4.Na/c1-2-20-11-12-21-16-9-7-14(8-10-16)13-3-5-15(6-4-13)17(18)19;/h2-10H,1,11-12H2,(H,18,19);/q;+1/p-1. The summed E-state index contributed by atoms with van der Waals surface area (Å²) in [6.07, 6.45) is 1.38. The molecule has 0 aliphatic carbocycles. The second-order valence-electron chi connectivity index (χ2n) is 4.28. The maximum atomic E-state index is 10.7. The average molecular weight is 306 g/mol. The van der Waals surface area contributed by atoms with Crippen LogP contribution in [0.1, 0.15) is 10.4 Å². The number of carboxylic acids is 1. The number of ether oxygens (including phenoxy) is 2. The van der Waals surface area contributed by atoms with Gasteiger partial charge in [-0.2, -0.15) is 0 Å². The van der Waals surface area contributed by atoms with Gasteiger partial charge in [-0.15, -0.1) is 0 Å². The molecule has 0 N–H and O–H groups in total. The molecule has 0 bridgehead atoms. The SMILES string of the molecule is C=COCCOc1ccc(-c2ccc(C(=O)[O-])cc2)cc1.[Na+]. The predicted octanol–water partition coefficient (Wildman–Crippen LogP) is -0.740. The van der Waals surface area contributed by atoms with E-state index in [2.05, 4.69) is 6.58 Å². The Morgan fingerprint density at radius 2 is 1.55 bits per heavy atom. The molecular weight excluding hydrogens is 291 g/mol. The fourth-order valence-electron chi connectivity index (χ4n) is 1.83. The third-order valence-corrected chi connectivity index (χ3v) is 2.90. The molecule has 0 aromatic heterocycles. The van der Waals surface area contributed by atoms with Crippen LogP contribution in [0.25, 0.3) is 11.1 Å². The summed E-state index contributed by atoms with van der Waals surface area (Å²) in [5, 5.41) is 10.7. The first-order valence-corrected chi connectivity index (χ1v) is 6.48. The minimum atomic E-state index is -1.17. The van der Waals surface area contributed by atoms with E-state index < -0.39 is 5.97 Å². The second-order valence-corrected chi connectivity index (χ2v) is 4.28. The van der Waals surface area contributed by atoms with Gasteiger partial charge < -0.3 is 19.4 Å². The molecule has 2 aromatic rings. The molecule has 2 aromatic carbocycles. The zero-order valence-electron chi connectivity index (χ0n) is 12.5. The van der Waals surface area contributed by atoms with E-state index in [1.165, 1.54) is 18.4 Å². The van der Waals surface area contributed by atoms with Crippen LogP contribution in [0.5, 0.6) is 5.75 Å². The molecule has 5 heteroatoms. The summed E-state index contributed by atoms with van der Waals surface area (Å²) in [6.45, 7) is 4.35. The summed E-state index contributed by atoms with van der Waals surface area (Å²) in [4.78, 5) is 10.7. The van der Waals surface area contributed by atoms with Crippen molar-refractivity contribution in [2.24, 2.45) is 0 Å². The van der Waals surface area contributed by atoms with Gasteiger partial charge in [0.2, 0.25) is 0 Å². The number of benzene rings is 2. The van der Waals surface area contributed by atoms with Crippen molar-refractivity contribution in [1.29, 1.82) is 0 Å². The third kappa shape index (κ3) is 5.22. The van der Waals surface area contributed by atoms with Gasteiger partial charge in [0.1, 0.15) is 19.0 Å². The number of carbonyl (C=O) groups is 1. The minimum Gasteiger partial charge on any atom is -0.545 e. The third-order valence-electron chi connectivity index (χ3n) is 2.90. The van der Waals surface area contributed by atoms with E-state index in [-0.39, 0.29) is 35.1 Å². The quantitative estimate of drug-likeness (QED) is 0.384. The normalized spacial score (nSPS) is 9.45. The van der Waals surface area contributed by atoms with E-state index >= 15 is 0 Å². The number of carbonyl (C=O) groups excluding carboxylic acids is 1. The van der Waals surface area contributed by atoms with E-state index in [1.807, 2.05) is 24.3 Å². The van der Waals surface area contributed by atoms with Gasteiger partial charge in [-0.1, -0.05) is 43.0 Å². The molecule has 0 radical (unpaired) electrons. The van der Waals surface area contributed by atoms with Crippen LogP contribution in [-0.4, -0.2) is 19.2 Å². The first kappa shape index (κ1) is 18.3. The van der Waals surface area contributed by atoms with Gasteiger partial charge in [0.05, 0.1) is 12.2 Å². The monoisotopic (exact) mass is 306 g/mol. The van der Waals surface area contributed by atoms with Gasteiger partial charge in [0, 0.05) is 0 Å². The molecule has 0 amide bonds. The van der Waals surface area contributed by atoms with Gasteiger partial charge in [0.15, 0.2) is 0 Å². The topological polar surface area (TPSA) is 58.6 Å². The Morgan fingerprint density at radius 1 is 1.00 bits per heavy atom. The van der Waals surface area contributed by atoms with E-state index in [4.69, 9.17) is 9.47 Å². The molecule has 0 heterocycles. The van der Waals surface area contributed by atoms with E-state index in [1.54, 1.807) is 12.1 Å². The van der Waals surface area contributed by atoms with Crippen LogP contribution in [-0.2, 0) is 4.74 Å². The molecule has 0 saturated heterocycles. The van der Waals surface area contributed by atoms with Gasteiger partial charge >= 0.3 is 29.6 Å². The summed E-state index contributed by atoms with van der Waals surface area (Å²) < 4.78 is 10.5. The Bertz CT molecular complexity index is 606. The Labute approximate surface area is 151 Å². The molecule has 108 valence electrons. The van der Waals surface area contributed by atoms with Crippen molar-refractivity contribution in [3.63, 3.8) is 0 Å². The maximum absolute atomic E-state index is 10.7. The molecule has 22 heavy (non-hydrogen) atoms. The Morgan fingerprint density at radius 3 is 2.05 bits per heavy atom. The molecular formula is C17H15NaO4. The van der Waals surface area contributed by atoms with E-state index in [0.717, 1.165) is 16.9 Å². The van der Waals surface area contributed by atoms with Crippen molar-refractivity contribution in [3.05, 3.63) is 66.9 Å². The Kier molecular flexibility index (Phi) is 7.74. The predicted molar refractivity (Wildman–Crippen MR) is 77.9 cm³/mol. The van der Waals surface area contributed by atoms with Crippen molar-refractivity contribution < 1.29 is 48.9 Å². The van der Waals surface area contributed by atoms with Gasteiger partial charge in [-0.25, -0.2) is 0 Å². The second kappa shape index (κ2) is 9.30. The molecule has 0 saturated carbocycles. The zero-order valence-corrected chi connectivity index (χ0v) is 14.5. The first-order valence-electron chi connectivity index (χ1n) is 6.48. The van der Waals surface area contributed by atoms with Crippen LogP contribution in [0.3, 0.4) is 0 Å². The summed E-state index contributed by atoms with van der Waals surface area (Å²) in [5.74, 6) is -0.426. The van der Waals surface area contributed by atoms with Crippen molar-refractivity contribution in [2.75, 3.05) is 13.2 Å². The molecule has 2 rings (SSSR count). The fraction of sp³-hybridized carbons (Fsp3) is 0.118. The van der Waals surface area contributed by atoms with E-state index in [9.17, 15) is 9.90 Å². The number of rotatable bonds is 7. The van der Waals surface area contributed by atoms with Crippen LogP contribution >= 0.6 is 0 Å². The van der Waals surface area contributed by atoms with Crippen molar-refractivity contribution in [3.8, 4) is 16.9 Å². The number of carboxylic acid groups (broad SMARTS) is 1. The molecule has 0 fully saturated rings. The largest absolute Gasteiger partial charge is 1.00 e. The van der Waals surface area contributed by atoms with Crippen LogP contribution in [0.4, 0.5) is 0 Å². The van der Waals surface area contributed by atoms with Crippen molar-refractivity contribution in [1.82, 2.24) is 0 Å². The Balaban J connectivity index is 0.00000242. The van der Waals surface area contributed by atoms with Gasteiger partial charge in [0.25, 0.3) is 0 Å². The summed E-state index contributed by atoms with van der Waals surface area (Å²) >= 11 is 0. The van der Waals surface area contributed by atoms with Crippen molar-refractivity contribution in [2.45, 2.75) is 0 Å². The average Bonchev–Trinajstić information content (AvgIpc) is 2.52. The molecule has 0 aliphatic heterocycles. The van der Waals surface area contributed by atoms with Gasteiger partial charge in [-0.3, -0.25) is 0 Å².